The van der Waals surface area contributed by atoms with Crippen LogP contribution in [-0.4, -0.2) is 43.0 Å². The fourth-order valence-electron chi connectivity index (χ4n) is 3.81. The molecule has 0 atom stereocenters. The van der Waals surface area contributed by atoms with Crippen LogP contribution in [0.5, 0.6) is 5.75 Å². The van der Waals surface area contributed by atoms with E-state index < -0.39 is 11.9 Å². The number of methoxy groups -OCH3 is 1. The maximum absolute atomic E-state index is 12.3. The van der Waals surface area contributed by atoms with Gasteiger partial charge in [-0.05, 0) is 36.6 Å². The first-order valence-electron chi connectivity index (χ1n) is 10.2. The molecule has 0 radical (unpaired) electrons. The van der Waals surface area contributed by atoms with Crippen LogP contribution in [0.25, 0.3) is 10.9 Å². The summed E-state index contributed by atoms with van der Waals surface area (Å²) < 4.78 is 12.7. The molecule has 0 saturated heterocycles. The Kier molecular flexibility index (Phi) is 7.14. The number of oxime groups is 1. The van der Waals surface area contributed by atoms with Gasteiger partial charge in [-0.3, -0.25) is 4.79 Å². The number of carbonyl (C=O) groups excluding carboxylic acids is 2. The average Bonchev–Trinajstić information content (AvgIpc) is 3.08. The standard InChI is InChI=1S/C24H27N3O5/c1-5-17-22(23(24(25)29)26-31-4)21-18(27(17)13-16-9-7-6-8-10-16)11-15(2)12-19(21)32-14-20(28)30-3/h6-12H,5,13-14H2,1-4H3,(H2,25,29)/b26-23-. The lowest BCUT2D eigenvalue weighted by atomic mass is 10.0. The molecule has 1 aromatic heterocycles. The number of rotatable bonds is 9. The predicted octanol–water partition coefficient (Wildman–Crippen LogP) is 2.95. The largest absolute Gasteiger partial charge is 0.481 e. The smallest absolute Gasteiger partial charge is 0.343 e. The molecular weight excluding hydrogens is 410 g/mol. The van der Waals surface area contributed by atoms with Crippen molar-refractivity contribution in [1.82, 2.24) is 4.57 Å². The Morgan fingerprint density at radius 1 is 1.12 bits per heavy atom. The van der Waals surface area contributed by atoms with E-state index >= 15 is 0 Å². The maximum Gasteiger partial charge on any atom is 0.343 e. The highest BCUT2D eigenvalue weighted by atomic mass is 16.6. The topological polar surface area (TPSA) is 105 Å². The van der Waals surface area contributed by atoms with Crippen molar-refractivity contribution in [2.45, 2.75) is 26.8 Å². The average molecular weight is 437 g/mol. The fraction of sp³-hybridized carbons (Fsp3) is 0.292. The van der Waals surface area contributed by atoms with Crippen LogP contribution in [-0.2, 0) is 32.1 Å². The van der Waals surface area contributed by atoms with Gasteiger partial charge in [0.15, 0.2) is 12.3 Å². The van der Waals surface area contributed by atoms with Crippen molar-refractivity contribution >= 4 is 28.5 Å². The highest BCUT2D eigenvalue weighted by Gasteiger charge is 2.27. The lowest BCUT2D eigenvalue weighted by molar-refractivity contribution is -0.142. The Labute approximate surface area is 186 Å². The minimum absolute atomic E-state index is 0.00654. The van der Waals surface area contributed by atoms with Crippen molar-refractivity contribution in [2.24, 2.45) is 10.9 Å². The Balaban J connectivity index is 2.35. The Morgan fingerprint density at radius 2 is 1.84 bits per heavy atom. The van der Waals surface area contributed by atoms with Gasteiger partial charge < -0.3 is 24.6 Å². The van der Waals surface area contributed by atoms with Crippen LogP contribution in [0.15, 0.2) is 47.6 Å². The van der Waals surface area contributed by atoms with Crippen LogP contribution < -0.4 is 10.5 Å². The third kappa shape index (κ3) is 4.59. The number of ether oxygens (including phenoxy) is 2. The van der Waals surface area contributed by atoms with Gasteiger partial charge in [0.2, 0.25) is 0 Å². The third-order valence-corrected chi connectivity index (χ3v) is 5.13. The molecule has 2 N–H and O–H groups in total. The summed E-state index contributed by atoms with van der Waals surface area (Å²) in [6, 6.07) is 13.8. The number of benzene rings is 2. The van der Waals surface area contributed by atoms with E-state index in [0.717, 1.165) is 22.3 Å². The molecule has 3 aromatic rings. The van der Waals surface area contributed by atoms with E-state index in [0.29, 0.717) is 29.7 Å². The van der Waals surface area contributed by atoms with Gasteiger partial charge in [-0.1, -0.05) is 42.4 Å². The van der Waals surface area contributed by atoms with E-state index in [4.69, 9.17) is 20.0 Å². The molecule has 0 saturated carbocycles. The minimum Gasteiger partial charge on any atom is -0.481 e. The maximum atomic E-state index is 12.3. The molecule has 0 spiro atoms. The van der Waals surface area contributed by atoms with Gasteiger partial charge in [0.1, 0.15) is 12.9 Å². The number of amides is 1. The highest BCUT2D eigenvalue weighted by Crippen LogP contribution is 2.36. The monoisotopic (exact) mass is 437 g/mol. The molecule has 0 fully saturated rings. The molecule has 2 aromatic carbocycles. The summed E-state index contributed by atoms with van der Waals surface area (Å²) in [5.41, 5.74) is 9.93. The molecule has 0 bridgehead atoms. The zero-order chi connectivity index (χ0) is 23.3. The summed E-state index contributed by atoms with van der Waals surface area (Å²) >= 11 is 0. The van der Waals surface area contributed by atoms with Crippen LogP contribution in [0, 0.1) is 6.92 Å². The molecule has 1 amide bonds. The predicted molar refractivity (Wildman–Crippen MR) is 122 cm³/mol. The summed E-state index contributed by atoms with van der Waals surface area (Å²) in [4.78, 5) is 29.0. The summed E-state index contributed by atoms with van der Waals surface area (Å²) in [5, 5.41) is 4.57. The van der Waals surface area contributed by atoms with E-state index in [-0.39, 0.29) is 12.3 Å². The normalized spacial score (nSPS) is 11.4. The molecule has 32 heavy (non-hydrogen) atoms. The summed E-state index contributed by atoms with van der Waals surface area (Å²) in [5.74, 6) is -0.798. The number of fused-ring (bicyclic) bond motifs is 1. The number of nitrogens with two attached hydrogens (primary N) is 1. The second kappa shape index (κ2) is 10.00. The first kappa shape index (κ1) is 22.9. The molecule has 8 nitrogen and oxygen atoms in total. The Morgan fingerprint density at radius 3 is 2.44 bits per heavy atom. The van der Waals surface area contributed by atoms with Gasteiger partial charge in [-0.2, -0.15) is 0 Å². The number of esters is 1. The molecule has 3 rings (SSSR count). The number of hydrogen-bond donors (Lipinski definition) is 1. The van der Waals surface area contributed by atoms with Crippen molar-refractivity contribution in [1.29, 1.82) is 0 Å². The van der Waals surface area contributed by atoms with Crippen LogP contribution in [0.3, 0.4) is 0 Å². The molecule has 0 aliphatic rings. The van der Waals surface area contributed by atoms with Gasteiger partial charge in [0.25, 0.3) is 5.91 Å². The molecule has 0 unspecified atom stereocenters. The Hall–Kier alpha value is -3.81. The minimum atomic E-state index is -0.722. The number of nitrogens with zero attached hydrogens (tertiary/aromatic N) is 2. The van der Waals surface area contributed by atoms with Gasteiger partial charge in [0.05, 0.1) is 18.0 Å². The fourth-order valence-corrected chi connectivity index (χ4v) is 3.81. The van der Waals surface area contributed by atoms with Crippen molar-refractivity contribution < 1.29 is 23.9 Å². The lowest BCUT2D eigenvalue weighted by Crippen LogP contribution is -2.26. The van der Waals surface area contributed by atoms with Crippen LogP contribution in [0.4, 0.5) is 0 Å². The van der Waals surface area contributed by atoms with Gasteiger partial charge in [-0.25, -0.2) is 4.79 Å². The van der Waals surface area contributed by atoms with E-state index in [1.165, 1.54) is 14.2 Å². The molecule has 0 aliphatic heterocycles. The van der Waals surface area contributed by atoms with Crippen molar-refractivity contribution in [3.05, 3.63) is 64.8 Å². The van der Waals surface area contributed by atoms with Crippen molar-refractivity contribution in [3.8, 4) is 5.75 Å². The summed E-state index contributed by atoms with van der Waals surface area (Å²) in [6.45, 7) is 4.23. The second-order valence-electron chi connectivity index (χ2n) is 7.26. The SMILES string of the molecule is CCc1c(/C(=N/OC)C(N)=O)c2c(OCC(=O)OC)cc(C)cc2n1Cc1ccccc1. The molecule has 1 heterocycles. The highest BCUT2D eigenvalue weighted by molar-refractivity contribution is 6.47. The zero-order valence-electron chi connectivity index (χ0n) is 18.7. The lowest BCUT2D eigenvalue weighted by Gasteiger charge is -2.12. The van der Waals surface area contributed by atoms with Gasteiger partial charge in [-0.15, -0.1) is 0 Å². The van der Waals surface area contributed by atoms with Crippen molar-refractivity contribution in [3.63, 3.8) is 0 Å². The van der Waals surface area contributed by atoms with Crippen LogP contribution >= 0.6 is 0 Å². The third-order valence-electron chi connectivity index (χ3n) is 5.13. The number of hydrogen-bond acceptors (Lipinski definition) is 6. The number of carbonyl (C=O) groups is 2. The summed E-state index contributed by atoms with van der Waals surface area (Å²) in [6.07, 6.45) is 0.600. The van der Waals surface area contributed by atoms with E-state index in [2.05, 4.69) is 9.72 Å². The molecule has 0 aliphatic carbocycles. The quantitative estimate of drug-likeness (QED) is 0.315. The zero-order valence-corrected chi connectivity index (χ0v) is 18.7. The number of aryl methyl sites for hydroxylation is 1. The summed E-state index contributed by atoms with van der Waals surface area (Å²) in [7, 11) is 2.65. The van der Waals surface area contributed by atoms with Gasteiger partial charge in [0, 0.05) is 17.8 Å². The second-order valence-corrected chi connectivity index (χ2v) is 7.26. The van der Waals surface area contributed by atoms with E-state index in [1.807, 2.05) is 56.3 Å². The molecule has 8 heteroatoms. The van der Waals surface area contributed by atoms with Crippen LogP contribution in [0.2, 0.25) is 0 Å². The first-order valence-corrected chi connectivity index (χ1v) is 10.2. The first-order chi connectivity index (χ1) is 15.4. The molecular formula is C24H27N3O5. The number of aromatic nitrogens is 1. The number of primary amides is 1. The van der Waals surface area contributed by atoms with E-state index in [9.17, 15) is 9.59 Å². The van der Waals surface area contributed by atoms with E-state index in [1.54, 1.807) is 0 Å². The van der Waals surface area contributed by atoms with Crippen molar-refractivity contribution in [2.75, 3.05) is 20.8 Å². The molecule has 168 valence electrons. The van der Waals surface area contributed by atoms with Gasteiger partial charge >= 0.3 is 5.97 Å². The Bertz CT molecular complexity index is 1170. The van der Waals surface area contributed by atoms with Crippen LogP contribution in [0.1, 0.15) is 29.3 Å².